The van der Waals surface area contributed by atoms with Gasteiger partial charge in [-0.3, -0.25) is 9.89 Å². The van der Waals surface area contributed by atoms with E-state index >= 15 is 0 Å². The third kappa shape index (κ3) is 3.03. The standard InChI is InChI=1S/C15H16IN3O/c16-12-7-2-1-4-11(12)8-15(20)17-14-9-13(18-19-14)10-5-3-6-10/h1-2,4,7,9-10H,3,5-6,8H2,(H2,17,18,19,20). The Kier molecular flexibility index (Phi) is 4.05. The van der Waals surface area contributed by atoms with Crippen LogP contribution in [0.2, 0.25) is 0 Å². The summed E-state index contributed by atoms with van der Waals surface area (Å²) >= 11 is 2.25. The first kappa shape index (κ1) is 13.6. The lowest BCUT2D eigenvalue weighted by Crippen LogP contribution is -2.15. The molecule has 5 heteroatoms. The highest BCUT2D eigenvalue weighted by Crippen LogP contribution is 2.35. The van der Waals surface area contributed by atoms with Crippen LogP contribution in [0.5, 0.6) is 0 Å². The average molecular weight is 381 g/mol. The fourth-order valence-electron chi connectivity index (χ4n) is 2.33. The van der Waals surface area contributed by atoms with Crippen molar-refractivity contribution in [1.82, 2.24) is 10.2 Å². The number of hydrogen-bond donors (Lipinski definition) is 2. The molecule has 1 aromatic heterocycles. The number of nitrogens with one attached hydrogen (secondary N) is 2. The number of carbonyl (C=O) groups excluding carboxylic acids is 1. The fraction of sp³-hybridized carbons (Fsp3) is 0.333. The molecular formula is C15H16IN3O. The molecule has 4 nitrogen and oxygen atoms in total. The molecule has 2 N–H and O–H groups in total. The van der Waals surface area contributed by atoms with Crippen molar-refractivity contribution in [3.05, 3.63) is 45.2 Å². The summed E-state index contributed by atoms with van der Waals surface area (Å²) in [5.74, 6) is 1.20. The van der Waals surface area contributed by atoms with Gasteiger partial charge < -0.3 is 5.32 Å². The Morgan fingerprint density at radius 2 is 2.20 bits per heavy atom. The van der Waals surface area contributed by atoms with E-state index in [0.29, 0.717) is 18.2 Å². The van der Waals surface area contributed by atoms with Gasteiger partial charge in [0, 0.05) is 21.2 Å². The third-order valence-corrected chi connectivity index (χ3v) is 4.77. The molecule has 104 valence electrons. The molecule has 0 spiro atoms. The molecule has 0 bridgehead atoms. The lowest BCUT2D eigenvalue weighted by Gasteiger charge is -2.23. The van der Waals surface area contributed by atoms with E-state index in [1.54, 1.807) is 0 Å². The molecule has 20 heavy (non-hydrogen) atoms. The zero-order chi connectivity index (χ0) is 13.9. The highest BCUT2D eigenvalue weighted by atomic mass is 127. The summed E-state index contributed by atoms with van der Waals surface area (Å²) in [6.45, 7) is 0. The molecule has 1 saturated carbocycles. The molecule has 0 saturated heterocycles. The molecule has 0 atom stereocenters. The summed E-state index contributed by atoms with van der Waals surface area (Å²) in [5.41, 5.74) is 2.18. The van der Waals surface area contributed by atoms with E-state index in [1.807, 2.05) is 30.3 Å². The SMILES string of the molecule is O=C(Cc1ccccc1I)Nc1cc(C2CCC2)[nH]n1. The third-order valence-electron chi connectivity index (χ3n) is 3.72. The van der Waals surface area contributed by atoms with Crippen LogP contribution in [0.1, 0.15) is 36.4 Å². The summed E-state index contributed by atoms with van der Waals surface area (Å²) < 4.78 is 1.11. The maximum atomic E-state index is 12.0. The van der Waals surface area contributed by atoms with E-state index in [9.17, 15) is 4.79 Å². The minimum absolute atomic E-state index is 0.0271. The highest BCUT2D eigenvalue weighted by Gasteiger charge is 2.21. The molecule has 0 radical (unpaired) electrons. The average Bonchev–Trinajstić information content (AvgIpc) is 2.78. The van der Waals surface area contributed by atoms with Gasteiger partial charge in [0.1, 0.15) is 0 Å². The maximum Gasteiger partial charge on any atom is 0.230 e. The Bertz CT molecular complexity index is 619. The zero-order valence-electron chi connectivity index (χ0n) is 11.0. The van der Waals surface area contributed by atoms with Gasteiger partial charge in [0.2, 0.25) is 5.91 Å². The second kappa shape index (κ2) is 5.95. The number of rotatable bonds is 4. The number of halogens is 1. The molecule has 1 aliphatic carbocycles. The fourth-order valence-corrected chi connectivity index (χ4v) is 2.91. The van der Waals surface area contributed by atoms with Crippen molar-refractivity contribution in [3.8, 4) is 0 Å². The van der Waals surface area contributed by atoms with Gasteiger partial charge in [0.25, 0.3) is 0 Å². The molecule has 2 aromatic rings. The first-order valence-electron chi connectivity index (χ1n) is 6.81. The zero-order valence-corrected chi connectivity index (χ0v) is 13.2. The maximum absolute atomic E-state index is 12.0. The van der Waals surface area contributed by atoms with Gasteiger partial charge in [-0.25, -0.2) is 0 Å². The Morgan fingerprint density at radius 1 is 1.40 bits per heavy atom. The van der Waals surface area contributed by atoms with Crippen LogP contribution in [0.4, 0.5) is 5.82 Å². The topological polar surface area (TPSA) is 57.8 Å². The molecule has 1 aromatic carbocycles. The predicted octanol–water partition coefficient (Wildman–Crippen LogP) is 3.46. The summed E-state index contributed by atoms with van der Waals surface area (Å²) in [4.78, 5) is 12.0. The predicted molar refractivity (Wildman–Crippen MR) is 86.7 cm³/mol. The molecule has 1 heterocycles. The number of anilines is 1. The van der Waals surface area contributed by atoms with Gasteiger partial charge in [0.05, 0.1) is 6.42 Å². The second-order valence-electron chi connectivity index (χ2n) is 5.15. The lowest BCUT2D eigenvalue weighted by molar-refractivity contribution is -0.115. The van der Waals surface area contributed by atoms with Gasteiger partial charge in [-0.1, -0.05) is 24.6 Å². The summed E-state index contributed by atoms with van der Waals surface area (Å²) in [7, 11) is 0. The van der Waals surface area contributed by atoms with Crippen molar-refractivity contribution in [2.45, 2.75) is 31.6 Å². The first-order chi connectivity index (χ1) is 9.72. The number of H-pyrrole nitrogens is 1. The van der Waals surface area contributed by atoms with Crippen LogP contribution in [0.25, 0.3) is 0 Å². The number of aromatic amines is 1. The Labute approximate surface area is 131 Å². The molecular weight excluding hydrogens is 365 g/mol. The number of hydrogen-bond acceptors (Lipinski definition) is 2. The normalized spacial score (nSPS) is 14.8. The molecule has 0 unspecified atom stereocenters. The Balaban J connectivity index is 1.61. The number of benzene rings is 1. The van der Waals surface area contributed by atoms with E-state index in [1.165, 1.54) is 19.3 Å². The number of carbonyl (C=O) groups is 1. The van der Waals surface area contributed by atoms with Gasteiger partial charge in [0.15, 0.2) is 5.82 Å². The van der Waals surface area contributed by atoms with Crippen LogP contribution in [-0.4, -0.2) is 16.1 Å². The van der Waals surface area contributed by atoms with Crippen molar-refractivity contribution in [2.75, 3.05) is 5.32 Å². The molecule has 1 aliphatic rings. The van der Waals surface area contributed by atoms with E-state index in [0.717, 1.165) is 14.8 Å². The first-order valence-corrected chi connectivity index (χ1v) is 7.89. The molecule has 1 amide bonds. The quantitative estimate of drug-likeness (QED) is 0.797. The highest BCUT2D eigenvalue weighted by molar-refractivity contribution is 14.1. The molecule has 0 aliphatic heterocycles. The summed E-state index contributed by atoms with van der Waals surface area (Å²) in [5, 5.41) is 10.0. The van der Waals surface area contributed by atoms with Crippen LogP contribution in [0.15, 0.2) is 30.3 Å². The van der Waals surface area contributed by atoms with E-state index < -0.39 is 0 Å². The van der Waals surface area contributed by atoms with Gasteiger partial charge in [-0.15, -0.1) is 0 Å². The molecule has 1 fully saturated rings. The second-order valence-corrected chi connectivity index (χ2v) is 6.31. The largest absolute Gasteiger partial charge is 0.309 e. The Morgan fingerprint density at radius 3 is 2.90 bits per heavy atom. The number of amides is 1. The monoisotopic (exact) mass is 381 g/mol. The van der Waals surface area contributed by atoms with Crippen LogP contribution in [0, 0.1) is 3.57 Å². The summed E-state index contributed by atoms with van der Waals surface area (Å²) in [6.07, 6.45) is 4.11. The van der Waals surface area contributed by atoms with Crippen LogP contribution in [-0.2, 0) is 11.2 Å². The number of aromatic nitrogens is 2. The van der Waals surface area contributed by atoms with Gasteiger partial charge in [-0.05, 0) is 47.1 Å². The van der Waals surface area contributed by atoms with Crippen LogP contribution >= 0.6 is 22.6 Å². The smallest absolute Gasteiger partial charge is 0.230 e. The van der Waals surface area contributed by atoms with E-state index in [2.05, 4.69) is 38.1 Å². The van der Waals surface area contributed by atoms with Gasteiger partial charge in [-0.2, -0.15) is 5.10 Å². The van der Waals surface area contributed by atoms with Gasteiger partial charge >= 0.3 is 0 Å². The van der Waals surface area contributed by atoms with Crippen molar-refractivity contribution in [1.29, 1.82) is 0 Å². The van der Waals surface area contributed by atoms with Crippen LogP contribution in [0.3, 0.4) is 0 Å². The van der Waals surface area contributed by atoms with Crippen molar-refractivity contribution in [3.63, 3.8) is 0 Å². The summed E-state index contributed by atoms with van der Waals surface area (Å²) in [6, 6.07) is 9.87. The van der Waals surface area contributed by atoms with Crippen LogP contribution < -0.4 is 5.32 Å². The van der Waals surface area contributed by atoms with E-state index in [-0.39, 0.29) is 5.91 Å². The minimum Gasteiger partial charge on any atom is -0.309 e. The number of nitrogens with zero attached hydrogens (tertiary/aromatic N) is 1. The van der Waals surface area contributed by atoms with Crippen molar-refractivity contribution < 1.29 is 4.79 Å². The molecule has 3 rings (SSSR count). The Hall–Kier alpha value is -1.37. The van der Waals surface area contributed by atoms with E-state index in [4.69, 9.17) is 0 Å². The van der Waals surface area contributed by atoms with Crippen molar-refractivity contribution in [2.24, 2.45) is 0 Å². The minimum atomic E-state index is -0.0271. The van der Waals surface area contributed by atoms with Crippen molar-refractivity contribution >= 4 is 34.3 Å². The lowest BCUT2D eigenvalue weighted by atomic mass is 9.83.